The predicted octanol–water partition coefficient (Wildman–Crippen LogP) is -1.07. The third-order valence-electron chi connectivity index (χ3n) is 2.06. The average Bonchev–Trinajstić information content (AvgIpc) is 2.56. The fourth-order valence-electron chi connectivity index (χ4n) is 1.52. The highest BCUT2D eigenvalue weighted by Gasteiger charge is 2.48. The van der Waals surface area contributed by atoms with Crippen molar-refractivity contribution in [3.63, 3.8) is 0 Å². The highest BCUT2D eigenvalue weighted by Crippen LogP contribution is 2.26. The molecule has 0 unspecified atom stereocenters. The highest BCUT2D eigenvalue weighted by molar-refractivity contribution is 5.87. The molecule has 0 saturated carbocycles. The molecule has 2 aliphatic heterocycles. The molecule has 0 bridgehead atoms. The van der Waals surface area contributed by atoms with E-state index in [0.29, 0.717) is 0 Å². The number of carbonyl (C=O) groups excluding carboxylic acids is 1. The Balaban J connectivity index is 2.02. The number of ether oxygens (including phenoxy) is 2. The van der Waals surface area contributed by atoms with Crippen molar-refractivity contribution in [3.05, 3.63) is 10.1 Å². The van der Waals surface area contributed by atoms with Gasteiger partial charge in [0.25, 0.3) is 5.09 Å². The summed E-state index contributed by atoms with van der Waals surface area (Å²) in [6.45, 7) is -0.0189. The molecule has 0 aromatic heterocycles. The minimum absolute atomic E-state index is 0.0298. The SMILES string of the molecule is O=C1CO[C@H]2[C@H](O[N+](=O)[O-])CO[C@@H]12. The van der Waals surface area contributed by atoms with E-state index >= 15 is 0 Å². The average molecular weight is 189 g/mol. The van der Waals surface area contributed by atoms with Gasteiger partial charge >= 0.3 is 0 Å². The summed E-state index contributed by atoms with van der Waals surface area (Å²) in [5.41, 5.74) is 0. The summed E-state index contributed by atoms with van der Waals surface area (Å²) in [6.07, 6.45) is -2.06. The standard InChI is InChI=1S/C6H7NO6/c8-3-1-11-6-4(13-7(9)10)2-12-5(3)6/h4-6H,1-2H2/t4-,5+,6+/m1/s1. The van der Waals surface area contributed by atoms with Crippen LogP contribution in [0.3, 0.4) is 0 Å². The maximum atomic E-state index is 11.0. The smallest absolute Gasteiger partial charge is 0.294 e. The lowest BCUT2D eigenvalue weighted by Crippen LogP contribution is -2.32. The molecule has 2 saturated heterocycles. The Bertz CT molecular complexity index is 254. The molecule has 0 amide bonds. The van der Waals surface area contributed by atoms with Crippen molar-refractivity contribution >= 4 is 5.78 Å². The van der Waals surface area contributed by atoms with Crippen LogP contribution in [0.15, 0.2) is 0 Å². The van der Waals surface area contributed by atoms with Gasteiger partial charge in [-0.2, -0.15) is 0 Å². The summed E-state index contributed by atoms with van der Waals surface area (Å²) < 4.78 is 10.00. The lowest BCUT2D eigenvalue weighted by Gasteiger charge is -2.11. The number of hydrogen-bond donors (Lipinski definition) is 0. The number of nitrogens with zero attached hydrogens (tertiary/aromatic N) is 1. The van der Waals surface area contributed by atoms with Gasteiger partial charge in [-0.15, -0.1) is 10.1 Å². The number of ketones is 1. The monoisotopic (exact) mass is 189 g/mol. The topological polar surface area (TPSA) is 87.9 Å². The molecule has 0 spiro atoms. The van der Waals surface area contributed by atoms with Crippen LogP contribution in [0.5, 0.6) is 0 Å². The van der Waals surface area contributed by atoms with E-state index in [1.807, 2.05) is 0 Å². The van der Waals surface area contributed by atoms with Crippen molar-refractivity contribution in [1.29, 1.82) is 0 Å². The summed E-state index contributed by atoms with van der Waals surface area (Å²) in [4.78, 5) is 25.3. The van der Waals surface area contributed by atoms with E-state index in [1.54, 1.807) is 0 Å². The van der Waals surface area contributed by atoms with Gasteiger partial charge in [0, 0.05) is 0 Å². The Morgan fingerprint density at radius 1 is 1.54 bits per heavy atom. The normalized spacial score (nSPS) is 37.5. The zero-order chi connectivity index (χ0) is 9.42. The lowest BCUT2D eigenvalue weighted by molar-refractivity contribution is -0.769. The summed E-state index contributed by atoms with van der Waals surface area (Å²) in [7, 11) is 0. The van der Waals surface area contributed by atoms with E-state index in [9.17, 15) is 14.9 Å². The Morgan fingerprint density at radius 2 is 2.31 bits per heavy atom. The predicted molar refractivity (Wildman–Crippen MR) is 36.4 cm³/mol. The van der Waals surface area contributed by atoms with Gasteiger partial charge in [0.1, 0.15) is 18.8 Å². The molecule has 72 valence electrons. The maximum Gasteiger partial charge on any atom is 0.294 e. The van der Waals surface area contributed by atoms with Gasteiger partial charge in [-0.1, -0.05) is 0 Å². The third-order valence-corrected chi connectivity index (χ3v) is 2.06. The van der Waals surface area contributed by atoms with Crippen LogP contribution in [0.25, 0.3) is 0 Å². The lowest BCUT2D eigenvalue weighted by atomic mass is 10.1. The van der Waals surface area contributed by atoms with Crippen molar-refractivity contribution in [2.75, 3.05) is 13.2 Å². The molecule has 2 rings (SSSR count). The Hall–Kier alpha value is -1.21. The van der Waals surface area contributed by atoms with Crippen molar-refractivity contribution in [2.24, 2.45) is 0 Å². The van der Waals surface area contributed by atoms with Crippen molar-refractivity contribution < 1.29 is 24.2 Å². The second-order valence-corrected chi connectivity index (χ2v) is 2.86. The van der Waals surface area contributed by atoms with Gasteiger partial charge in [0.05, 0.1) is 6.61 Å². The summed E-state index contributed by atoms with van der Waals surface area (Å²) in [6, 6.07) is 0. The van der Waals surface area contributed by atoms with Crippen LogP contribution < -0.4 is 0 Å². The molecule has 0 N–H and O–H groups in total. The van der Waals surface area contributed by atoms with E-state index in [2.05, 4.69) is 4.84 Å². The van der Waals surface area contributed by atoms with Gasteiger partial charge in [0.15, 0.2) is 11.9 Å². The van der Waals surface area contributed by atoms with Gasteiger partial charge in [-0.3, -0.25) is 4.79 Å². The van der Waals surface area contributed by atoms with E-state index in [1.165, 1.54) is 0 Å². The fraction of sp³-hybridized carbons (Fsp3) is 0.833. The number of rotatable bonds is 2. The second-order valence-electron chi connectivity index (χ2n) is 2.86. The van der Waals surface area contributed by atoms with Gasteiger partial charge < -0.3 is 14.3 Å². The van der Waals surface area contributed by atoms with Crippen LogP contribution in [0, 0.1) is 10.1 Å². The van der Waals surface area contributed by atoms with Crippen LogP contribution in [-0.2, 0) is 19.1 Å². The second kappa shape index (κ2) is 2.93. The molecule has 0 radical (unpaired) electrons. The molecule has 7 nitrogen and oxygen atoms in total. The molecule has 0 aromatic rings. The number of carbonyl (C=O) groups is 1. The van der Waals surface area contributed by atoms with Gasteiger partial charge in [-0.05, 0) is 0 Å². The quantitative estimate of drug-likeness (QED) is 0.406. The molecule has 2 heterocycles. The maximum absolute atomic E-state index is 11.0. The first kappa shape index (κ1) is 8.39. The zero-order valence-electron chi connectivity index (χ0n) is 6.54. The van der Waals surface area contributed by atoms with Gasteiger partial charge in [0.2, 0.25) is 0 Å². The molecule has 13 heavy (non-hydrogen) atoms. The van der Waals surface area contributed by atoms with Crippen LogP contribution >= 0.6 is 0 Å². The molecule has 7 heteroatoms. The van der Waals surface area contributed by atoms with Crippen LogP contribution in [0.2, 0.25) is 0 Å². The molecular formula is C6H7NO6. The minimum Gasteiger partial charge on any atom is -0.365 e. The number of Topliss-reactive ketones (excluding diaryl/α,β-unsaturated/α-hetero) is 1. The first-order chi connectivity index (χ1) is 6.18. The first-order valence-electron chi connectivity index (χ1n) is 3.75. The van der Waals surface area contributed by atoms with Crippen LogP contribution in [0.1, 0.15) is 0 Å². The molecule has 3 atom stereocenters. The molecule has 2 fully saturated rings. The van der Waals surface area contributed by atoms with Crippen molar-refractivity contribution in [3.8, 4) is 0 Å². The summed E-state index contributed by atoms with van der Waals surface area (Å²) >= 11 is 0. The Labute approximate surface area is 72.7 Å². The summed E-state index contributed by atoms with van der Waals surface area (Å²) in [5, 5.41) is 9.11. The molecular weight excluding hydrogens is 182 g/mol. The van der Waals surface area contributed by atoms with Crippen LogP contribution in [-0.4, -0.2) is 42.4 Å². The molecule has 0 aliphatic carbocycles. The Kier molecular flexibility index (Phi) is 1.89. The molecule has 0 aromatic carbocycles. The van der Waals surface area contributed by atoms with E-state index < -0.39 is 23.4 Å². The minimum atomic E-state index is -0.900. The van der Waals surface area contributed by atoms with E-state index in [0.717, 1.165) is 0 Å². The first-order valence-corrected chi connectivity index (χ1v) is 3.75. The van der Waals surface area contributed by atoms with E-state index in [-0.39, 0.29) is 19.0 Å². The summed E-state index contributed by atoms with van der Waals surface area (Å²) in [5.74, 6) is -0.181. The fourth-order valence-corrected chi connectivity index (χ4v) is 1.52. The molecule has 2 aliphatic rings. The number of fused-ring (bicyclic) bond motifs is 1. The third kappa shape index (κ3) is 1.36. The van der Waals surface area contributed by atoms with Crippen molar-refractivity contribution in [1.82, 2.24) is 0 Å². The Morgan fingerprint density at radius 3 is 3.00 bits per heavy atom. The number of hydrogen-bond acceptors (Lipinski definition) is 6. The largest absolute Gasteiger partial charge is 0.365 e. The highest BCUT2D eigenvalue weighted by atomic mass is 17.0. The zero-order valence-corrected chi connectivity index (χ0v) is 6.54. The van der Waals surface area contributed by atoms with E-state index in [4.69, 9.17) is 9.47 Å². The van der Waals surface area contributed by atoms with Crippen molar-refractivity contribution in [2.45, 2.75) is 18.3 Å². The van der Waals surface area contributed by atoms with Crippen LogP contribution in [0.4, 0.5) is 0 Å². The van der Waals surface area contributed by atoms with Gasteiger partial charge in [-0.25, -0.2) is 0 Å².